The lowest BCUT2D eigenvalue weighted by molar-refractivity contribution is -0.189. The van der Waals surface area contributed by atoms with Gasteiger partial charge in [0.05, 0.1) is 10.0 Å². The van der Waals surface area contributed by atoms with Crippen molar-refractivity contribution in [1.29, 1.82) is 0 Å². The lowest BCUT2D eigenvalue weighted by Gasteiger charge is -2.21. The van der Waals surface area contributed by atoms with Crippen LogP contribution in [0.2, 0.25) is 10.0 Å². The van der Waals surface area contributed by atoms with Crippen LogP contribution in [0.3, 0.4) is 0 Å². The predicted octanol–water partition coefficient (Wildman–Crippen LogP) is 8.33. The molecule has 0 amide bonds. The topological polar surface area (TPSA) is 18.5 Å². The van der Waals surface area contributed by atoms with Crippen molar-refractivity contribution >= 4 is 23.2 Å². The van der Waals surface area contributed by atoms with Crippen LogP contribution in [0.4, 0.5) is 22.0 Å². The van der Waals surface area contributed by atoms with Crippen LogP contribution in [0.25, 0.3) is 11.1 Å². The van der Waals surface area contributed by atoms with Gasteiger partial charge in [0.25, 0.3) is 0 Å². The van der Waals surface area contributed by atoms with E-state index in [4.69, 9.17) is 23.2 Å². The molecule has 0 aliphatic carbocycles. The molecule has 0 aromatic heterocycles. The Morgan fingerprint density at radius 3 is 1.94 bits per heavy atom. The summed E-state index contributed by atoms with van der Waals surface area (Å²) in [5.74, 6) is -3.85. The molecule has 0 saturated carbocycles. The van der Waals surface area contributed by atoms with E-state index in [0.29, 0.717) is 5.56 Å². The standard InChI is InChI=1S/C23H17Cl2F5O2/c1-2-3-13-4-6-14(7-5-13)15-8-19(27)21(20(28)9-15)23(29,30)32-16-10-17(24)22(31-12-26)18(25)11-16/h4-11H,2-3,12H2,1H3. The fraction of sp³-hybridized carbons (Fsp3) is 0.217. The van der Waals surface area contributed by atoms with Crippen molar-refractivity contribution in [3.05, 3.63) is 81.3 Å². The molecule has 32 heavy (non-hydrogen) atoms. The summed E-state index contributed by atoms with van der Waals surface area (Å²) in [6.45, 7) is 0.771. The molecule has 0 aliphatic rings. The molecule has 0 radical (unpaired) electrons. The van der Waals surface area contributed by atoms with Crippen LogP contribution in [0, 0.1) is 11.6 Å². The maximum Gasteiger partial charge on any atom is 0.432 e. The molecule has 3 aromatic carbocycles. The molecule has 0 bridgehead atoms. The molecule has 0 saturated heterocycles. The number of rotatable bonds is 8. The maximum atomic E-state index is 14.7. The van der Waals surface area contributed by atoms with Crippen molar-refractivity contribution in [3.8, 4) is 22.6 Å². The zero-order chi connectivity index (χ0) is 23.5. The average Bonchev–Trinajstić information content (AvgIpc) is 2.70. The molecule has 0 spiro atoms. The molecule has 3 aromatic rings. The smallest absolute Gasteiger partial charge is 0.432 e. The van der Waals surface area contributed by atoms with Gasteiger partial charge in [-0.3, -0.25) is 0 Å². The first-order chi connectivity index (χ1) is 15.2. The third-order valence-corrected chi connectivity index (χ3v) is 5.14. The molecule has 0 unspecified atom stereocenters. The van der Waals surface area contributed by atoms with E-state index in [1.54, 1.807) is 12.1 Å². The summed E-state index contributed by atoms with van der Waals surface area (Å²) >= 11 is 11.6. The Morgan fingerprint density at radius 1 is 0.875 bits per heavy atom. The molecule has 170 valence electrons. The molecule has 2 nitrogen and oxygen atoms in total. The quantitative estimate of drug-likeness (QED) is 0.295. The number of halogens is 7. The largest absolute Gasteiger partial charge is 0.460 e. The molecule has 0 atom stereocenters. The number of ether oxygens (including phenoxy) is 2. The Labute approximate surface area is 191 Å². The lowest BCUT2D eigenvalue weighted by atomic mass is 10.00. The van der Waals surface area contributed by atoms with Gasteiger partial charge >= 0.3 is 6.11 Å². The second-order valence-corrected chi connectivity index (χ2v) is 7.66. The van der Waals surface area contributed by atoms with Crippen LogP contribution in [-0.4, -0.2) is 6.86 Å². The highest BCUT2D eigenvalue weighted by atomic mass is 35.5. The highest BCUT2D eigenvalue weighted by Gasteiger charge is 2.41. The molecule has 0 N–H and O–H groups in total. The lowest BCUT2D eigenvalue weighted by Crippen LogP contribution is -2.25. The van der Waals surface area contributed by atoms with E-state index < -0.39 is 35.9 Å². The van der Waals surface area contributed by atoms with Crippen LogP contribution in [-0.2, 0) is 12.5 Å². The second kappa shape index (κ2) is 9.96. The first-order valence-electron chi connectivity index (χ1n) is 9.49. The Balaban J connectivity index is 1.91. The minimum Gasteiger partial charge on any atom is -0.460 e. The molecule has 9 heteroatoms. The summed E-state index contributed by atoms with van der Waals surface area (Å²) in [7, 11) is 0. The number of hydrogen-bond donors (Lipinski definition) is 0. The van der Waals surface area contributed by atoms with Crippen molar-refractivity contribution in [1.82, 2.24) is 0 Å². The third kappa shape index (κ3) is 5.27. The third-order valence-electron chi connectivity index (χ3n) is 4.58. The molecular weight excluding hydrogens is 474 g/mol. The second-order valence-electron chi connectivity index (χ2n) is 6.85. The summed E-state index contributed by atoms with van der Waals surface area (Å²) in [4.78, 5) is 0. The zero-order valence-corrected chi connectivity index (χ0v) is 18.2. The van der Waals surface area contributed by atoms with Gasteiger partial charge < -0.3 is 9.47 Å². The van der Waals surface area contributed by atoms with E-state index in [0.717, 1.165) is 42.7 Å². The van der Waals surface area contributed by atoms with Crippen molar-refractivity contribution < 1.29 is 31.4 Å². The zero-order valence-electron chi connectivity index (χ0n) is 16.7. The molecule has 0 fully saturated rings. The summed E-state index contributed by atoms with van der Waals surface area (Å²) < 4.78 is 80.0. The van der Waals surface area contributed by atoms with Gasteiger partial charge in [-0.15, -0.1) is 0 Å². The number of hydrogen-bond acceptors (Lipinski definition) is 2. The Kier molecular flexibility index (Phi) is 7.51. The van der Waals surface area contributed by atoms with Gasteiger partial charge in [-0.05, 0) is 35.2 Å². The van der Waals surface area contributed by atoms with Gasteiger partial charge in [-0.25, -0.2) is 13.2 Å². The van der Waals surface area contributed by atoms with Gasteiger partial charge in [-0.1, -0.05) is 60.8 Å². The van der Waals surface area contributed by atoms with Gasteiger partial charge in [0, 0.05) is 12.1 Å². The van der Waals surface area contributed by atoms with Gasteiger partial charge in [-0.2, -0.15) is 8.78 Å². The van der Waals surface area contributed by atoms with Gasteiger partial charge in [0.15, 0.2) is 5.75 Å². The SMILES string of the molecule is CCCc1ccc(-c2cc(F)c(C(F)(F)Oc3cc(Cl)c(OCF)c(Cl)c3)c(F)c2)cc1. The van der Waals surface area contributed by atoms with Crippen LogP contribution >= 0.6 is 23.2 Å². The van der Waals surface area contributed by atoms with Crippen molar-refractivity contribution in [2.75, 3.05) is 6.86 Å². The van der Waals surface area contributed by atoms with Gasteiger partial charge in [0.2, 0.25) is 6.86 Å². The number of alkyl halides is 3. The summed E-state index contributed by atoms with van der Waals surface area (Å²) in [6, 6.07) is 10.3. The highest BCUT2D eigenvalue weighted by molar-refractivity contribution is 6.37. The molecule has 3 rings (SSSR count). The van der Waals surface area contributed by atoms with Crippen LogP contribution in [0.5, 0.6) is 11.5 Å². The van der Waals surface area contributed by atoms with Crippen LogP contribution in [0.1, 0.15) is 24.5 Å². The maximum absolute atomic E-state index is 14.7. The first kappa shape index (κ1) is 24.1. The molecular formula is C23H17Cl2F5O2. The van der Waals surface area contributed by atoms with Crippen molar-refractivity contribution in [3.63, 3.8) is 0 Å². The van der Waals surface area contributed by atoms with Crippen molar-refractivity contribution in [2.45, 2.75) is 25.9 Å². The average molecular weight is 491 g/mol. The van der Waals surface area contributed by atoms with E-state index in [1.807, 2.05) is 19.1 Å². The Morgan fingerprint density at radius 2 is 1.44 bits per heavy atom. The number of aryl methyl sites for hydroxylation is 1. The van der Waals surface area contributed by atoms with E-state index >= 15 is 0 Å². The van der Waals surface area contributed by atoms with E-state index in [2.05, 4.69) is 9.47 Å². The van der Waals surface area contributed by atoms with E-state index in [9.17, 15) is 22.0 Å². The fourth-order valence-electron chi connectivity index (χ4n) is 3.16. The van der Waals surface area contributed by atoms with Crippen molar-refractivity contribution in [2.24, 2.45) is 0 Å². The monoisotopic (exact) mass is 490 g/mol. The predicted molar refractivity (Wildman–Crippen MR) is 113 cm³/mol. The normalized spacial score (nSPS) is 11.5. The van der Waals surface area contributed by atoms with E-state index in [1.165, 1.54) is 0 Å². The van der Waals surface area contributed by atoms with E-state index in [-0.39, 0.29) is 21.4 Å². The van der Waals surface area contributed by atoms with Crippen LogP contribution in [0.15, 0.2) is 48.5 Å². The highest BCUT2D eigenvalue weighted by Crippen LogP contribution is 2.41. The summed E-state index contributed by atoms with van der Waals surface area (Å²) in [5, 5.41) is -0.632. The fourth-order valence-corrected chi connectivity index (χ4v) is 3.73. The molecule has 0 aliphatic heterocycles. The Hall–Kier alpha value is -2.51. The van der Waals surface area contributed by atoms with Gasteiger partial charge in [0.1, 0.15) is 22.9 Å². The molecule has 0 heterocycles. The summed E-state index contributed by atoms with van der Waals surface area (Å²) in [5.41, 5.74) is 0.0519. The Bertz CT molecular complexity index is 1060. The number of benzene rings is 3. The first-order valence-corrected chi connectivity index (χ1v) is 10.2. The van der Waals surface area contributed by atoms with Crippen LogP contribution < -0.4 is 9.47 Å². The minimum absolute atomic E-state index is 0.0985. The summed E-state index contributed by atoms with van der Waals surface area (Å²) in [6.07, 6.45) is -2.61. The minimum atomic E-state index is -4.40.